The first-order valence-corrected chi connectivity index (χ1v) is 12.3. The zero-order valence-corrected chi connectivity index (χ0v) is 20.8. The van der Waals surface area contributed by atoms with Crippen LogP contribution in [0.2, 0.25) is 5.02 Å². The Morgan fingerprint density at radius 2 is 1.97 bits per heavy atom. The van der Waals surface area contributed by atoms with Gasteiger partial charge in [-0.3, -0.25) is 14.4 Å². The van der Waals surface area contributed by atoms with E-state index in [-0.39, 0.29) is 25.0 Å². The van der Waals surface area contributed by atoms with Crippen molar-refractivity contribution in [1.82, 2.24) is 4.90 Å². The van der Waals surface area contributed by atoms with E-state index in [1.165, 1.54) is 4.90 Å². The minimum absolute atomic E-state index is 0.179. The number of amides is 2. The molecule has 3 heterocycles. The summed E-state index contributed by atoms with van der Waals surface area (Å²) >= 11 is 5.98. The Balaban J connectivity index is 1.77. The molecule has 2 amide bonds. The minimum atomic E-state index is -1.16. The van der Waals surface area contributed by atoms with Crippen LogP contribution in [0.15, 0.2) is 24.3 Å². The lowest BCUT2D eigenvalue weighted by Gasteiger charge is -2.37. The monoisotopic (exact) mass is 492 g/mol. The molecule has 3 aliphatic heterocycles. The molecule has 6 atom stereocenters. The molecule has 0 radical (unpaired) electrons. The maximum Gasteiger partial charge on any atom is 0.312 e. The SMILES string of the molecule is CCOC(=O)[C@H]1[C@H]2C(=O)N([C@@H](CO)CC(C)C)C(C(=O)Nc3ccc(Cl)cc3)C23CC[C@]1(C)O3. The Morgan fingerprint density at radius 1 is 1.29 bits per heavy atom. The van der Waals surface area contributed by atoms with Crippen molar-refractivity contribution in [3.05, 3.63) is 29.3 Å². The summed E-state index contributed by atoms with van der Waals surface area (Å²) in [6.07, 6.45) is 1.51. The average molecular weight is 493 g/mol. The van der Waals surface area contributed by atoms with Gasteiger partial charge in [0.25, 0.3) is 0 Å². The third kappa shape index (κ3) is 3.89. The second-order valence-electron chi connectivity index (χ2n) is 10.2. The van der Waals surface area contributed by atoms with Crippen molar-refractivity contribution in [3.63, 3.8) is 0 Å². The first-order valence-electron chi connectivity index (χ1n) is 11.9. The van der Waals surface area contributed by atoms with Crippen LogP contribution in [-0.4, -0.2) is 64.3 Å². The van der Waals surface area contributed by atoms with Crippen LogP contribution in [-0.2, 0) is 23.9 Å². The summed E-state index contributed by atoms with van der Waals surface area (Å²) in [5.41, 5.74) is -1.51. The second kappa shape index (κ2) is 9.13. The molecule has 2 bridgehead atoms. The standard InChI is InChI=1S/C25H33ClN2O6/c1-5-33-23(32)19-18-22(31)28(17(13-29)12-14(2)3)20(25(18)11-10-24(19,4)34-25)21(30)27-16-8-6-15(26)7-9-16/h6-9,14,17-20,29H,5,10-13H2,1-4H3,(H,27,30)/t17-,18+,19-,20?,24+,25?/m1/s1. The van der Waals surface area contributed by atoms with Crippen LogP contribution in [0.25, 0.3) is 0 Å². The third-order valence-corrected chi connectivity index (χ3v) is 7.71. The van der Waals surface area contributed by atoms with Crippen molar-refractivity contribution in [3.8, 4) is 0 Å². The van der Waals surface area contributed by atoms with Crippen molar-refractivity contribution < 1.29 is 29.0 Å². The van der Waals surface area contributed by atoms with Gasteiger partial charge < -0.3 is 24.8 Å². The van der Waals surface area contributed by atoms with Gasteiger partial charge in [0.2, 0.25) is 11.8 Å². The highest BCUT2D eigenvalue weighted by Gasteiger charge is 2.78. The Morgan fingerprint density at radius 3 is 2.56 bits per heavy atom. The molecular weight excluding hydrogens is 460 g/mol. The summed E-state index contributed by atoms with van der Waals surface area (Å²) in [5, 5.41) is 13.7. The molecule has 3 fully saturated rings. The Bertz CT molecular complexity index is 969. The fourth-order valence-corrected chi connectivity index (χ4v) is 6.34. The molecule has 8 nitrogen and oxygen atoms in total. The van der Waals surface area contributed by atoms with Crippen molar-refractivity contribution >= 4 is 35.1 Å². The van der Waals surface area contributed by atoms with E-state index in [9.17, 15) is 19.5 Å². The number of hydrogen-bond acceptors (Lipinski definition) is 6. The van der Waals surface area contributed by atoms with Gasteiger partial charge in [-0.2, -0.15) is 0 Å². The number of halogens is 1. The lowest BCUT2D eigenvalue weighted by atomic mass is 9.66. The van der Waals surface area contributed by atoms with Crippen molar-refractivity contribution in [1.29, 1.82) is 0 Å². The largest absolute Gasteiger partial charge is 0.466 e. The molecule has 0 aromatic heterocycles. The van der Waals surface area contributed by atoms with Crippen LogP contribution < -0.4 is 5.32 Å². The number of carbonyl (C=O) groups excluding carboxylic acids is 3. The number of esters is 1. The van der Waals surface area contributed by atoms with E-state index in [0.29, 0.717) is 30.0 Å². The van der Waals surface area contributed by atoms with Gasteiger partial charge in [0.1, 0.15) is 17.6 Å². The number of ether oxygens (including phenoxy) is 2. The van der Waals surface area contributed by atoms with Gasteiger partial charge in [-0.1, -0.05) is 25.4 Å². The number of aliphatic hydroxyl groups excluding tert-OH is 1. The van der Waals surface area contributed by atoms with Gasteiger partial charge in [0, 0.05) is 10.7 Å². The number of likely N-dealkylation sites (tertiary alicyclic amines) is 1. The maximum atomic E-state index is 14.0. The maximum absolute atomic E-state index is 14.0. The number of aliphatic hydroxyl groups is 1. The zero-order valence-electron chi connectivity index (χ0n) is 20.0. The zero-order chi connectivity index (χ0) is 24.8. The molecule has 2 unspecified atom stereocenters. The lowest BCUT2D eigenvalue weighted by molar-refractivity contribution is -0.160. The summed E-state index contributed by atoms with van der Waals surface area (Å²) in [6, 6.07) is 5.14. The Kier molecular flexibility index (Phi) is 6.70. The van der Waals surface area contributed by atoms with Crippen LogP contribution in [0.3, 0.4) is 0 Å². The fourth-order valence-electron chi connectivity index (χ4n) is 6.21. The summed E-state index contributed by atoms with van der Waals surface area (Å²) in [5.74, 6) is -2.69. The fraction of sp³-hybridized carbons (Fsp3) is 0.640. The number of nitrogens with zero attached hydrogens (tertiary/aromatic N) is 1. The molecule has 1 aromatic rings. The van der Waals surface area contributed by atoms with Crippen molar-refractivity contribution in [2.75, 3.05) is 18.5 Å². The molecular formula is C25H33ClN2O6. The Labute approximate surface area is 204 Å². The van der Waals surface area contributed by atoms with Crippen LogP contribution in [0.5, 0.6) is 0 Å². The van der Waals surface area contributed by atoms with E-state index in [0.717, 1.165) is 0 Å². The highest BCUT2D eigenvalue weighted by molar-refractivity contribution is 6.30. The number of nitrogens with one attached hydrogen (secondary N) is 1. The summed E-state index contributed by atoms with van der Waals surface area (Å²) in [6.45, 7) is 7.44. The van der Waals surface area contributed by atoms with Gasteiger partial charge in [0.05, 0.1) is 30.8 Å². The number of anilines is 1. The molecule has 4 rings (SSSR count). The van der Waals surface area contributed by atoms with Crippen LogP contribution in [0.4, 0.5) is 5.69 Å². The lowest BCUT2D eigenvalue weighted by Crippen LogP contribution is -2.56. The molecule has 186 valence electrons. The Hall–Kier alpha value is -2.16. The number of hydrogen-bond donors (Lipinski definition) is 2. The second-order valence-corrected chi connectivity index (χ2v) is 10.6. The van der Waals surface area contributed by atoms with Gasteiger partial charge >= 0.3 is 5.97 Å². The third-order valence-electron chi connectivity index (χ3n) is 7.46. The molecule has 1 spiro atoms. The van der Waals surface area contributed by atoms with E-state index in [1.807, 2.05) is 20.8 Å². The molecule has 34 heavy (non-hydrogen) atoms. The van der Waals surface area contributed by atoms with Crippen LogP contribution in [0, 0.1) is 17.8 Å². The van der Waals surface area contributed by atoms with E-state index in [1.54, 1.807) is 31.2 Å². The summed E-state index contributed by atoms with van der Waals surface area (Å²) in [7, 11) is 0. The molecule has 3 saturated heterocycles. The molecule has 1 aromatic carbocycles. The number of rotatable bonds is 8. The van der Waals surface area contributed by atoms with E-state index in [4.69, 9.17) is 21.1 Å². The quantitative estimate of drug-likeness (QED) is 0.540. The van der Waals surface area contributed by atoms with Gasteiger partial charge in [0.15, 0.2) is 0 Å². The molecule has 0 saturated carbocycles. The summed E-state index contributed by atoms with van der Waals surface area (Å²) in [4.78, 5) is 42.2. The first kappa shape index (κ1) is 24.9. The van der Waals surface area contributed by atoms with E-state index < -0.39 is 47.0 Å². The topological polar surface area (TPSA) is 105 Å². The van der Waals surface area contributed by atoms with Crippen molar-refractivity contribution in [2.45, 2.75) is 70.2 Å². The molecule has 3 aliphatic rings. The number of fused-ring (bicyclic) bond motifs is 1. The number of carbonyl (C=O) groups is 3. The highest BCUT2D eigenvalue weighted by Crippen LogP contribution is 2.63. The van der Waals surface area contributed by atoms with Gasteiger partial charge in [-0.05, 0) is 63.3 Å². The normalized spacial score (nSPS) is 32.7. The van der Waals surface area contributed by atoms with E-state index in [2.05, 4.69) is 5.32 Å². The first-order chi connectivity index (χ1) is 16.1. The van der Waals surface area contributed by atoms with E-state index >= 15 is 0 Å². The highest BCUT2D eigenvalue weighted by atomic mass is 35.5. The molecule has 2 N–H and O–H groups in total. The summed E-state index contributed by atoms with van der Waals surface area (Å²) < 4.78 is 11.8. The van der Waals surface area contributed by atoms with Crippen LogP contribution in [0.1, 0.15) is 47.0 Å². The minimum Gasteiger partial charge on any atom is -0.466 e. The average Bonchev–Trinajstić information content (AvgIpc) is 3.34. The molecule has 9 heteroatoms. The predicted molar refractivity (Wildman–Crippen MR) is 126 cm³/mol. The predicted octanol–water partition coefficient (Wildman–Crippen LogP) is 3.01. The van der Waals surface area contributed by atoms with Gasteiger partial charge in [-0.15, -0.1) is 0 Å². The molecule has 0 aliphatic carbocycles. The smallest absolute Gasteiger partial charge is 0.312 e. The number of benzene rings is 1. The van der Waals surface area contributed by atoms with Crippen molar-refractivity contribution in [2.24, 2.45) is 17.8 Å². The van der Waals surface area contributed by atoms with Crippen LogP contribution >= 0.6 is 11.6 Å². The van der Waals surface area contributed by atoms with Gasteiger partial charge in [-0.25, -0.2) is 0 Å².